The zero-order valence-corrected chi connectivity index (χ0v) is 11.6. The van der Waals surface area contributed by atoms with Crippen LogP contribution in [0.3, 0.4) is 0 Å². The molecule has 2 aromatic carbocycles. The summed E-state index contributed by atoms with van der Waals surface area (Å²) in [4.78, 5) is 13.9. The van der Waals surface area contributed by atoms with E-state index in [0.717, 1.165) is 11.3 Å². The summed E-state index contributed by atoms with van der Waals surface area (Å²) in [6.07, 6.45) is 0. The summed E-state index contributed by atoms with van der Waals surface area (Å²) in [7, 11) is 0. The van der Waals surface area contributed by atoms with Crippen LogP contribution in [0.15, 0.2) is 48.5 Å². The average Bonchev–Trinajstić information content (AvgIpc) is 2.39. The average molecular weight is 270 g/mol. The lowest BCUT2D eigenvalue weighted by Gasteiger charge is -2.21. The minimum Gasteiger partial charge on any atom is -0.508 e. The first-order valence-electron chi connectivity index (χ1n) is 6.54. The molecule has 0 aliphatic rings. The Hall–Kier alpha value is -2.49. The van der Waals surface area contributed by atoms with Crippen LogP contribution in [0.5, 0.6) is 5.75 Å². The maximum absolute atomic E-state index is 12.3. The smallest absolute Gasteiger partial charge is 0.326 e. The third-order valence-corrected chi connectivity index (χ3v) is 2.97. The lowest BCUT2D eigenvalue weighted by molar-refractivity contribution is 0.257. The topological polar surface area (TPSA) is 52.6 Å². The van der Waals surface area contributed by atoms with Crippen LogP contribution in [0.4, 0.5) is 16.2 Å². The van der Waals surface area contributed by atoms with E-state index < -0.39 is 0 Å². The van der Waals surface area contributed by atoms with Gasteiger partial charge in [-0.05, 0) is 43.7 Å². The number of aromatic hydroxyl groups is 1. The van der Waals surface area contributed by atoms with Gasteiger partial charge in [-0.1, -0.05) is 18.2 Å². The van der Waals surface area contributed by atoms with Crippen molar-refractivity contribution in [3.8, 4) is 5.75 Å². The van der Waals surface area contributed by atoms with Gasteiger partial charge in [-0.2, -0.15) is 0 Å². The zero-order valence-electron chi connectivity index (χ0n) is 11.6. The Morgan fingerprint density at radius 3 is 2.60 bits per heavy atom. The van der Waals surface area contributed by atoms with Gasteiger partial charge in [0.2, 0.25) is 0 Å². The van der Waals surface area contributed by atoms with Gasteiger partial charge in [0.05, 0.1) is 0 Å². The van der Waals surface area contributed by atoms with E-state index in [1.54, 1.807) is 29.2 Å². The van der Waals surface area contributed by atoms with E-state index in [1.807, 2.05) is 38.1 Å². The van der Waals surface area contributed by atoms with Gasteiger partial charge in [0.1, 0.15) is 5.75 Å². The molecule has 0 aliphatic heterocycles. The number of hydrogen-bond acceptors (Lipinski definition) is 2. The molecule has 0 saturated heterocycles. The normalized spacial score (nSPS) is 10.1. The minimum absolute atomic E-state index is 0.143. The second-order valence-electron chi connectivity index (χ2n) is 4.56. The Bertz CT molecular complexity index is 611. The summed E-state index contributed by atoms with van der Waals surface area (Å²) in [5.74, 6) is 0.143. The van der Waals surface area contributed by atoms with Gasteiger partial charge in [-0.25, -0.2) is 4.79 Å². The molecule has 2 N–H and O–H groups in total. The molecule has 2 rings (SSSR count). The monoisotopic (exact) mass is 270 g/mol. The van der Waals surface area contributed by atoms with Crippen LogP contribution in [0.25, 0.3) is 0 Å². The van der Waals surface area contributed by atoms with Gasteiger partial charge in [0.15, 0.2) is 0 Å². The van der Waals surface area contributed by atoms with Crippen molar-refractivity contribution in [1.29, 1.82) is 0 Å². The number of nitrogens with one attached hydrogen (secondary N) is 1. The SMILES string of the molecule is CCN(C(=O)Nc1cccc(C)c1)c1cccc(O)c1. The molecule has 4 heteroatoms. The molecule has 0 aliphatic carbocycles. The van der Waals surface area contributed by atoms with E-state index in [9.17, 15) is 9.90 Å². The molecule has 2 aromatic rings. The van der Waals surface area contributed by atoms with Crippen molar-refractivity contribution in [1.82, 2.24) is 0 Å². The predicted molar refractivity (Wildman–Crippen MR) is 81.3 cm³/mol. The number of carbonyl (C=O) groups excluding carboxylic acids is 1. The number of aryl methyl sites for hydroxylation is 1. The van der Waals surface area contributed by atoms with E-state index in [-0.39, 0.29) is 11.8 Å². The third kappa shape index (κ3) is 3.29. The molecular weight excluding hydrogens is 252 g/mol. The molecule has 0 saturated carbocycles. The molecule has 0 aromatic heterocycles. The number of carbonyl (C=O) groups is 1. The third-order valence-electron chi connectivity index (χ3n) is 2.97. The summed E-state index contributed by atoms with van der Waals surface area (Å²) in [6.45, 7) is 4.38. The summed E-state index contributed by atoms with van der Waals surface area (Å²) in [5.41, 5.74) is 2.51. The lowest BCUT2D eigenvalue weighted by atomic mass is 10.2. The molecule has 0 spiro atoms. The fraction of sp³-hybridized carbons (Fsp3) is 0.188. The highest BCUT2D eigenvalue weighted by atomic mass is 16.3. The molecule has 0 atom stereocenters. The van der Waals surface area contributed by atoms with Crippen molar-refractivity contribution < 1.29 is 9.90 Å². The molecule has 0 radical (unpaired) electrons. The van der Waals surface area contributed by atoms with Crippen LogP contribution >= 0.6 is 0 Å². The van der Waals surface area contributed by atoms with Gasteiger partial charge in [-0.3, -0.25) is 4.90 Å². The zero-order chi connectivity index (χ0) is 14.5. The molecule has 0 heterocycles. The summed E-state index contributed by atoms with van der Waals surface area (Å²) < 4.78 is 0. The van der Waals surface area contributed by atoms with Gasteiger partial charge in [-0.15, -0.1) is 0 Å². The molecule has 0 fully saturated rings. The number of amides is 2. The summed E-state index contributed by atoms with van der Waals surface area (Å²) in [5, 5.41) is 12.4. The maximum atomic E-state index is 12.3. The second kappa shape index (κ2) is 6.10. The number of hydrogen-bond donors (Lipinski definition) is 2. The van der Waals surface area contributed by atoms with Crippen LogP contribution in [-0.2, 0) is 0 Å². The molecule has 0 unspecified atom stereocenters. The predicted octanol–water partition coefficient (Wildman–Crippen LogP) is 3.76. The first-order valence-corrected chi connectivity index (χ1v) is 6.54. The summed E-state index contributed by atoms with van der Waals surface area (Å²) >= 11 is 0. The molecule has 20 heavy (non-hydrogen) atoms. The standard InChI is InChI=1S/C16H18N2O2/c1-3-18(14-8-5-9-15(19)11-14)16(20)17-13-7-4-6-12(2)10-13/h4-11,19H,3H2,1-2H3,(H,17,20). The van der Waals surface area contributed by atoms with Crippen LogP contribution in [0, 0.1) is 6.92 Å². The molecule has 104 valence electrons. The van der Waals surface area contributed by atoms with Crippen LogP contribution < -0.4 is 10.2 Å². The number of urea groups is 1. The van der Waals surface area contributed by atoms with Crippen molar-refractivity contribution in [2.24, 2.45) is 0 Å². The maximum Gasteiger partial charge on any atom is 0.326 e. The summed E-state index contributed by atoms with van der Waals surface area (Å²) in [6, 6.07) is 14.1. The van der Waals surface area contributed by atoms with Crippen molar-refractivity contribution in [3.05, 3.63) is 54.1 Å². The number of phenolic OH excluding ortho intramolecular Hbond substituents is 1. The Labute approximate surface area is 118 Å². The Kier molecular flexibility index (Phi) is 4.25. The number of benzene rings is 2. The van der Waals surface area contributed by atoms with E-state index in [4.69, 9.17) is 0 Å². The Morgan fingerprint density at radius 2 is 1.95 bits per heavy atom. The first-order chi connectivity index (χ1) is 9.60. The molecular formula is C16H18N2O2. The van der Waals surface area contributed by atoms with Crippen LogP contribution in [0.1, 0.15) is 12.5 Å². The van der Waals surface area contributed by atoms with Crippen molar-refractivity contribution >= 4 is 17.4 Å². The number of phenols is 1. The van der Waals surface area contributed by atoms with Crippen molar-refractivity contribution in [3.63, 3.8) is 0 Å². The Morgan fingerprint density at radius 1 is 1.20 bits per heavy atom. The van der Waals surface area contributed by atoms with Gasteiger partial charge in [0, 0.05) is 24.0 Å². The van der Waals surface area contributed by atoms with Gasteiger partial charge >= 0.3 is 6.03 Å². The van der Waals surface area contributed by atoms with Gasteiger partial charge < -0.3 is 10.4 Å². The van der Waals surface area contributed by atoms with Crippen LogP contribution in [-0.4, -0.2) is 17.7 Å². The van der Waals surface area contributed by atoms with Crippen molar-refractivity contribution in [2.75, 3.05) is 16.8 Å². The first kappa shape index (κ1) is 13.9. The minimum atomic E-state index is -0.219. The lowest BCUT2D eigenvalue weighted by Crippen LogP contribution is -2.34. The second-order valence-corrected chi connectivity index (χ2v) is 4.56. The fourth-order valence-corrected chi connectivity index (χ4v) is 2.02. The fourth-order valence-electron chi connectivity index (χ4n) is 2.02. The highest BCUT2D eigenvalue weighted by molar-refractivity contribution is 6.01. The van der Waals surface area contributed by atoms with E-state index >= 15 is 0 Å². The van der Waals surface area contributed by atoms with E-state index in [1.165, 1.54) is 0 Å². The van der Waals surface area contributed by atoms with Crippen LogP contribution in [0.2, 0.25) is 0 Å². The highest BCUT2D eigenvalue weighted by Gasteiger charge is 2.14. The van der Waals surface area contributed by atoms with E-state index in [0.29, 0.717) is 12.2 Å². The number of nitrogens with zero attached hydrogens (tertiary/aromatic N) is 1. The molecule has 2 amide bonds. The number of anilines is 2. The number of rotatable bonds is 3. The Balaban J connectivity index is 2.17. The molecule has 4 nitrogen and oxygen atoms in total. The highest BCUT2D eigenvalue weighted by Crippen LogP contribution is 2.21. The largest absolute Gasteiger partial charge is 0.508 e. The van der Waals surface area contributed by atoms with Crippen molar-refractivity contribution in [2.45, 2.75) is 13.8 Å². The molecule has 0 bridgehead atoms. The van der Waals surface area contributed by atoms with Gasteiger partial charge in [0.25, 0.3) is 0 Å². The van der Waals surface area contributed by atoms with E-state index in [2.05, 4.69) is 5.32 Å². The quantitative estimate of drug-likeness (QED) is 0.892.